The number of nitrogens with one attached hydrogen (secondary N) is 1. The van der Waals surface area contributed by atoms with E-state index in [1.807, 2.05) is 6.92 Å². The molecule has 1 aromatic carbocycles. The van der Waals surface area contributed by atoms with Crippen molar-refractivity contribution in [2.45, 2.75) is 38.7 Å². The molecule has 3 rings (SSSR count). The van der Waals surface area contributed by atoms with Crippen LogP contribution in [0.3, 0.4) is 0 Å². The standard InChI is InChI=1S/C15H18FNO/c1-9-12(7-10-3-2-4-15(10)18)13-8-11(16)5-6-14(13)17-9/h5-6,8,10,15,17-18H,2-4,7H2,1H3. The van der Waals surface area contributed by atoms with E-state index in [-0.39, 0.29) is 11.9 Å². The Morgan fingerprint density at radius 3 is 2.94 bits per heavy atom. The maximum absolute atomic E-state index is 13.4. The second-order valence-electron chi connectivity index (χ2n) is 5.38. The number of aromatic nitrogens is 1. The van der Waals surface area contributed by atoms with Crippen LogP contribution in [0, 0.1) is 18.7 Å². The first-order valence-corrected chi connectivity index (χ1v) is 6.60. The highest BCUT2D eigenvalue weighted by molar-refractivity contribution is 5.84. The summed E-state index contributed by atoms with van der Waals surface area (Å²) >= 11 is 0. The van der Waals surface area contributed by atoms with Gasteiger partial charge in [0, 0.05) is 16.6 Å². The highest BCUT2D eigenvalue weighted by Gasteiger charge is 2.26. The molecule has 3 heteroatoms. The summed E-state index contributed by atoms with van der Waals surface area (Å²) in [5.74, 6) is 0.126. The van der Waals surface area contributed by atoms with Crippen LogP contribution >= 0.6 is 0 Å². The van der Waals surface area contributed by atoms with Crippen molar-refractivity contribution in [3.63, 3.8) is 0 Å². The number of aromatic amines is 1. The van der Waals surface area contributed by atoms with Crippen LogP contribution in [0.1, 0.15) is 30.5 Å². The van der Waals surface area contributed by atoms with E-state index in [2.05, 4.69) is 4.98 Å². The largest absolute Gasteiger partial charge is 0.393 e. The normalized spacial score (nSPS) is 23.9. The van der Waals surface area contributed by atoms with Crippen LogP contribution in [0.25, 0.3) is 10.9 Å². The first kappa shape index (κ1) is 11.7. The minimum Gasteiger partial charge on any atom is -0.393 e. The smallest absolute Gasteiger partial charge is 0.123 e. The molecule has 2 atom stereocenters. The van der Waals surface area contributed by atoms with Crippen molar-refractivity contribution in [1.29, 1.82) is 0 Å². The Labute approximate surface area is 106 Å². The Morgan fingerprint density at radius 2 is 2.22 bits per heavy atom. The molecule has 1 heterocycles. The molecule has 2 N–H and O–H groups in total. The van der Waals surface area contributed by atoms with Gasteiger partial charge in [0.1, 0.15) is 5.82 Å². The van der Waals surface area contributed by atoms with Gasteiger partial charge < -0.3 is 10.1 Å². The number of aliphatic hydroxyl groups is 1. The Bertz CT molecular complexity index is 575. The van der Waals surface area contributed by atoms with Gasteiger partial charge in [-0.1, -0.05) is 6.42 Å². The van der Waals surface area contributed by atoms with Crippen molar-refractivity contribution in [2.24, 2.45) is 5.92 Å². The summed E-state index contributed by atoms with van der Waals surface area (Å²) in [6, 6.07) is 4.86. The summed E-state index contributed by atoms with van der Waals surface area (Å²) in [6.07, 6.45) is 3.73. The van der Waals surface area contributed by atoms with Crippen LogP contribution in [0.4, 0.5) is 4.39 Å². The third kappa shape index (κ3) is 1.93. The molecule has 1 saturated carbocycles. The lowest BCUT2D eigenvalue weighted by molar-refractivity contribution is 0.133. The molecule has 0 aliphatic heterocycles. The first-order valence-electron chi connectivity index (χ1n) is 6.60. The fourth-order valence-corrected chi connectivity index (χ4v) is 3.14. The molecule has 0 amide bonds. The fourth-order valence-electron chi connectivity index (χ4n) is 3.14. The molecular weight excluding hydrogens is 229 g/mol. The van der Waals surface area contributed by atoms with E-state index in [1.54, 1.807) is 12.1 Å². The second-order valence-corrected chi connectivity index (χ2v) is 5.38. The molecule has 0 radical (unpaired) electrons. The van der Waals surface area contributed by atoms with Crippen LogP contribution in [-0.2, 0) is 6.42 Å². The van der Waals surface area contributed by atoms with Gasteiger partial charge in [0.2, 0.25) is 0 Å². The van der Waals surface area contributed by atoms with E-state index in [9.17, 15) is 9.50 Å². The van der Waals surface area contributed by atoms with Crippen molar-refractivity contribution in [3.05, 3.63) is 35.3 Å². The third-order valence-corrected chi connectivity index (χ3v) is 4.17. The van der Waals surface area contributed by atoms with Crippen LogP contribution < -0.4 is 0 Å². The number of benzene rings is 1. The fraction of sp³-hybridized carbons (Fsp3) is 0.467. The highest BCUT2D eigenvalue weighted by atomic mass is 19.1. The predicted molar refractivity (Wildman–Crippen MR) is 70.0 cm³/mol. The quantitative estimate of drug-likeness (QED) is 0.839. The summed E-state index contributed by atoms with van der Waals surface area (Å²) in [7, 11) is 0. The Kier molecular flexibility index (Phi) is 2.86. The molecule has 0 bridgehead atoms. The zero-order valence-electron chi connectivity index (χ0n) is 10.5. The monoisotopic (exact) mass is 247 g/mol. The maximum atomic E-state index is 13.4. The number of aryl methyl sites for hydroxylation is 1. The number of fused-ring (bicyclic) bond motifs is 1. The van der Waals surface area contributed by atoms with Gasteiger partial charge in [-0.05, 0) is 55.9 Å². The number of rotatable bonds is 2. The Morgan fingerprint density at radius 1 is 1.39 bits per heavy atom. The zero-order chi connectivity index (χ0) is 12.7. The van der Waals surface area contributed by atoms with Gasteiger partial charge >= 0.3 is 0 Å². The van der Waals surface area contributed by atoms with Gasteiger partial charge in [-0.2, -0.15) is 0 Å². The summed E-state index contributed by atoms with van der Waals surface area (Å²) in [5, 5.41) is 10.9. The van der Waals surface area contributed by atoms with E-state index in [1.165, 1.54) is 6.07 Å². The molecule has 2 nitrogen and oxygen atoms in total. The summed E-state index contributed by atoms with van der Waals surface area (Å²) in [4.78, 5) is 3.29. The van der Waals surface area contributed by atoms with E-state index in [0.29, 0.717) is 5.92 Å². The summed E-state index contributed by atoms with van der Waals surface area (Å²) in [6.45, 7) is 2.02. The molecule has 1 aromatic heterocycles. The zero-order valence-corrected chi connectivity index (χ0v) is 10.5. The lowest BCUT2D eigenvalue weighted by atomic mass is 9.94. The van der Waals surface area contributed by atoms with Gasteiger partial charge in [0.15, 0.2) is 0 Å². The topological polar surface area (TPSA) is 36.0 Å². The van der Waals surface area contributed by atoms with Gasteiger partial charge in [-0.15, -0.1) is 0 Å². The minimum absolute atomic E-state index is 0.192. The van der Waals surface area contributed by atoms with E-state index in [0.717, 1.165) is 47.8 Å². The average Bonchev–Trinajstić information content (AvgIpc) is 2.86. The van der Waals surface area contributed by atoms with Gasteiger partial charge in [-0.3, -0.25) is 0 Å². The lowest BCUT2D eigenvalue weighted by Gasteiger charge is -2.14. The molecule has 0 spiro atoms. The average molecular weight is 247 g/mol. The van der Waals surface area contributed by atoms with Gasteiger partial charge in [0.05, 0.1) is 6.10 Å². The third-order valence-electron chi connectivity index (χ3n) is 4.17. The van der Waals surface area contributed by atoms with Crippen LogP contribution in [-0.4, -0.2) is 16.2 Å². The second kappa shape index (κ2) is 4.39. The minimum atomic E-state index is -0.199. The molecule has 1 aliphatic carbocycles. The van der Waals surface area contributed by atoms with Crippen molar-refractivity contribution in [3.8, 4) is 0 Å². The number of aliphatic hydroxyl groups excluding tert-OH is 1. The Hall–Kier alpha value is -1.35. The number of hydrogen-bond donors (Lipinski definition) is 2. The first-order chi connectivity index (χ1) is 8.65. The molecule has 2 unspecified atom stereocenters. The van der Waals surface area contributed by atoms with Crippen molar-refractivity contribution in [1.82, 2.24) is 4.98 Å². The summed E-state index contributed by atoms with van der Waals surface area (Å²) < 4.78 is 13.4. The van der Waals surface area contributed by atoms with Crippen LogP contribution in [0.5, 0.6) is 0 Å². The SMILES string of the molecule is Cc1[nH]c2ccc(F)cc2c1CC1CCCC1O. The molecular formula is C15H18FNO. The molecule has 18 heavy (non-hydrogen) atoms. The molecule has 96 valence electrons. The van der Waals surface area contributed by atoms with Crippen molar-refractivity contribution >= 4 is 10.9 Å². The van der Waals surface area contributed by atoms with E-state index < -0.39 is 0 Å². The molecule has 1 fully saturated rings. The van der Waals surface area contributed by atoms with Crippen LogP contribution in [0.2, 0.25) is 0 Å². The maximum Gasteiger partial charge on any atom is 0.123 e. The summed E-state index contributed by atoms with van der Waals surface area (Å²) in [5.41, 5.74) is 3.24. The van der Waals surface area contributed by atoms with E-state index >= 15 is 0 Å². The predicted octanol–water partition coefficient (Wildman–Crippen LogP) is 3.32. The number of H-pyrrole nitrogens is 1. The molecule has 1 aliphatic rings. The van der Waals surface area contributed by atoms with Gasteiger partial charge in [0.25, 0.3) is 0 Å². The lowest BCUT2D eigenvalue weighted by Crippen LogP contribution is -2.15. The highest BCUT2D eigenvalue weighted by Crippen LogP contribution is 2.32. The van der Waals surface area contributed by atoms with Crippen molar-refractivity contribution < 1.29 is 9.50 Å². The molecule has 0 saturated heterocycles. The van der Waals surface area contributed by atoms with Gasteiger partial charge in [-0.25, -0.2) is 4.39 Å². The number of halogens is 1. The van der Waals surface area contributed by atoms with Crippen molar-refractivity contribution in [2.75, 3.05) is 0 Å². The Balaban J connectivity index is 1.99. The van der Waals surface area contributed by atoms with E-state index in [4.69, 9.17) is 0 Å². The number of hydrogen-bond acceptors (Lipinski definition) is 1. The molecule has 2 aromatic rings. The van der Waals surface area contributed by atoms with Crippen LogP contribution in [0.15, 0.2) is 18.2 Å².